The molecule has 1 atom stereocenters. The van der Waals surface area contributed by atoms with Gasteiger partial charge in [-0.1, -0.05) is 46.6 Å². The molecule has 0 radical (unpaired) electrons. The fourth-order valence-corrected chi connectivity index (χ4v) is 2.51. The van der Waals surface area contributed by atoms with Gasteiger partial charge in [-0.2, -0.15) is 0 Å². The standard InChI is InChI=1S/C16H23BrClN/c1-6-16(5,11-19-15(2,3)4)10-12-7-8-13(17)9-14(12)18/h6-9,19H,1,10-11H2,2-5H3. The molecule has 0 fully saturated rings. The molecule has 1 nitrogen and oxygen atoms in total. The van der Waals surface area contributed by atoms with E-state index in [-0.39, 0.29) is 11.0 Å². The van der Waals surface area contributed by atoms with E-state index in [9.17, 15) is 0 Å². The average molecular weight is 345 g/mol. The highest BCUT2D eigenvalue weighted by atomic mass is 79.9. The Morgan fingerprint density at radius 2 is 1.95 bits per heavy atom. The van der Waals surface area contributed by atoms with Crippen LogP contribution in [0, 0.1) is 5.41 Å². The van der Waals surface area contributed by atoms with Crippen LogP contribution in [0.15, 0.2) is 35.3 Å². The van der Waals surface area contributed by atoms with Crippen molar-refractivity contribution in [1.29, 1.82) is 0 Å². The molecule has 0 aliphatic carbocycles. The summed E-state index contributed by atoms with van der Waals surface area (Å²) < 4.78 is 1.01. The molecule has 1 aromatic carbocycles. The minimum Gasteiger partial charge on any atom is -0.311 e. The van der Waals surface area contributed by atoms with Crippen molar-refractivity contribution in [3.05, 3.63) is 45.9 Å². The molecule has 19 heavy (non-hydrogen) atoms. The van der Waals surface area contributed by atoms with Crippen LogP contribution in [0.3, 0.4) is 0 Å². The van der Waals surface area contributed by atoms with E-state index in [2.05, 4.69) is 61.6 Å². The van der Waals surface area contributed by atoms with Crippen LogP contribution in [0.2, 0.25) is 5.02 Å². The first-order valence-corrected chi connectivity index (χ1v) is 7.65. The highest BCUT2D eigenvalue weighted by Crippen LogP contribution is 2.29. The maximum Gasteiger partial charge on any atom is 0.0449 e. The van der Waals surface area contributed by atoms with Crippen molar-refractivity contribution in [1.82, 2.24) is 5.32 Å². The molecule has 1 aromatic rings. The maximum absolute atomic E-state index is 6.30. The lowest BCUT2D eigenvalue weighted by Crippen LogP contribution is -2.43. The van der Waals surface area contributed by atoms with E-state index < -0.39 is 0 Å². The van der Waals surface area contributed by atoms with Crippen LogP contribution in [-0.2, 0) is 6.42 Å². The summed E-state index contributed by atoms with van der Waals surface area (Å²) in [7, 11) is 0. The Kier molecular flexibility index (Phi) is 5.66. The molecule has 3 heteroatoms. The minimum absolute atomic E-state index is 0.00918. The Labute approximate surface area is 130 Å². The lowest BCUT2D eigenvalue weighted by molar-refractivity contribution is 0.322. The van der Waals surface area contributed by atoms with E-state index in [4.69, 9.17) is 11.6 Å². The summed E-state index contributed by atoms with van der Waals surface area (Å²) in [6.45, 7) is 13.6. The lowest BCUT2D eigenvalue weighted by atomic mass is 9.83. The van der Waals surface area contributed by atoms with E-state index in [0.29, 0.717) is 0 Å². The highest BCUT2D eigenvalue weighted by molar-refractivity contribution is 9.10. The van der Waals surface area contributed by atoms with Crippen molar-refractivity contribution in [3.8, 4) is 0 Å². The third-order valence-corrected chi connectivity index (χ3v) is 3.97. The van der Waals surface area contributed by atoms with E-state index in [0.717, 1.165) is 28.0 Å². The molecule has 0 saturated heterocycles. The molecule has 0 heterocycles. The largest absolute Gasteiger partial charge is 0.311 e. The highest BCUT2D eigenvalue weighted by Gasteiger charge is 2.24. The zero-order valence-electron chi connectivity index (χ0n) is 12.2. The van der Waals surface area contributed by atoms with Crippen LogP contribution in [0.5, 0.6) is 0 Å². The summed E-state index contributed by atoms with van der Waals surface area (Å²) in [5.74, 6) is 0. The van der Waals surface area contributed by atoms with E-state index >= 15 is 0 Å². The second-order valence-electron chi connectivity index (χ2n) is 6.37. The molecule has 0 aliphatic heterocycles. The summed E-state index contributed by atoms with van der Waals surface area (Å²) in [5, 5.41) is 4.34. The second-order valence-corrected chi connectivity index (χ2v) is 7.70. The van der Waals surface area contributed by atoms with Gasteiger partial charge in [-0.25, -0.2) is 0 Å². The van der Waals surface area contributed by atoms with Gasteiger partial charge in [0.25, 0.3) is 0 Å². The van der Waals surface area contributed by atoms with E-state index in [1.165, 1.54) is 0 Å². The predicted molar refractivity (Wildman–Crippen MR) is 88.9 cm³/mol. The van der Waals surface area contributed by atoms with Gasteiger partial charge in [0.15, 0.2) is 0 Å². The Morgan fingerprint density at radius 1 is 1.32 bits per heavy atom. The average Bonchev–Trinajstić information content (AvgIpc) is 2.30. The van der Waals surface area contributed by atoms with Crippen LogP contribution in [0.4, 0.5) is 0 Å². The molecule has 1 N–H and O–H groups in total. The summed E-state index contributed by atoms with van der Waals surface area (Å²) in [5.41, 5.74) is 1.25. The SMILES string of the molecule is C=CC(C)(CNC(C)(C)C)Cc1ccc(Br)cc1Cl. The number of halogens is 2. The van der Waals surface area contributed by atoms with Gasteiger partial charge in [-0.15, -0.1) is 6.58 Å². The van der Waals surface area contributed by atoms with Crippen LogP contribution in [0.1, 0.15) is 33.3 Å². The molecule has 0 spiro atoms. The number of nitrogens with one attached hydrogen (secondary N) is 1. The normalized spacial score (nSPS) is 15.1. The van der Waals surface area contributed by atoms with Gasteiger partial charge >= 0.3 is 0 Å². The Morgan fingerprint density at radius 3 is 2.42 bits per heavy atom. The number of hydrogen-bond acceptors (Lipinski definition) is 1. The van der Waals surface area contributed by atoms with Crippen molar-refractivity contribution >= 4 is 27.5 Å². The number of rotatable bonds is 5. The first kappa shape index (κ1) is 16.7. The summed E-state index contributed by atoms with van der Waals surface area (Å²) in [6.07, 6.45) is 2.90. The van der Waals surface area contributed by atoms with Gasteiger partial charge in [0.05, 0.1) is 0 Å². The smallest absolute Gasteiger partial charge is 0.0449 e. The van der Waals surface area contributed by atoms with Crippen molar-refractivity contribution in [2.45, 2.75) is 39.7 Å². The van der Waals surface area contributed by atoms with Gasteiger partial charge < -0.3 is 5.32 Å². The van der Waals surface area contributed by atoms with Gasteiger partial charge in [0.2, 0.25) is 0 Å². The molecule has 106 valence electrons. The fraction of sp³-hybridized carbons (Fsp3) is 0.500. The zero-order valence-corrected chi connectivity index (χ0v) is 14.5. The zero-order chi connectivity index (χ0) is 14.7. The summed E-state index contributed by atoms with van der Waals surface area (Å²) in [6, 6.07) is 6.05. The van der Waals surface area contributed by atoms with Gasteiger partial charge in [0, 0.05) is 27.0 Å². The minimum atomic E-state index is -0.00918. The topological polar surface area (TPSA) is 12.0 Å². The predicted octanol–water partition coefficient (Wildman–Crippen LogP) is 5.23. The van der Waals surface area contributed by atoms with Crippen LogP contribution >= 0.6 is 27.5 Å². The fourth-order valence-electron chi connectivity index (χ4n) is 1.77. The monoisotopic (exact) mass is 343 g/mol. The molecule has 0 saturated carbocycles. The molecule has 1 unspecified atom stereocenters. The lowest BCUT2D eigenvalue weighted by Gasteiger charge is -2.31. The first-order valence-electron chi connectivity index (χ1n) is 6.48. The first-order chi connectivity index (χ1) is 8.65. The quantitative estimate of drug-likeness (QED) is 0.722. The second kappa shape index (κ2) is 6.43. The van der Waals surface area contributed by atoms with E-state index in [1.54, 1.807) is 0 Å². The molecule has 1 rings (SSSR count). The van der Waals surface area contributed by atoms with Gasteiger partial charge in [-0.05, 0) is 44.9 Å². The third-order valence-electron chi connectivity index (χ3n) is 3.12. The van der Waals surface area contributed by atoms with Crippen LogP contribution in [0.25, 0.3) is 0 Å². The molecular formula is C16H23BrClN. The summed E-state index contributed by atoms with van der Waals surface area (Å²) in [4.78, 5) is 0. The Balaban J connectivity index is 2.82. The molecule has 0 aliphatic rings. The van der Waals surface area contributed by atoms with Crippen molar-refractivity contribution in [3.63, 3.8) is 0 Å². The molecule has 0 aromatic heterocycles. The summed E-state index contributed by atoms with van der Waals surface area (Å²) >= 11 is 9.73. The maximum atomic E-state index is 6.30. The number of hydrogen-bond donors (Lipinski definition) is 1. The molecule has 0 bridgehead atoms. The van der Waals surface area contributed by atoms with Crippen LogP contribution in [-0.4, -0.2) is 12.1 Å². The van der Waals surface area contributed by atoms with Gasteiger partial charge in [-0.3, -0.25) is 0 Å². The molecular weight excluding hydrogens is 322 g/mol. The van der Waals surface area contributed by atoms with Gasteiger partial charge in [0.1, 0.15) is 0 Å². The van der Waals surface area contributed by atoms with E-state index in [1.807, 2.05) is 18.2 Å². The van der Waals surface area contributed by atoms with Crippen molar-refractivity contribution in [2.24, 2.45) is 5.41 Å². The Hall–Kier alpha value is -0.310. The third kappa shape index (κ3) is 5.68. The van der Waals surface area contributed by atoms with Crippen LogP contribution < -0.4 is 5.32 Å². The molecule has 0 amide bonds. The van der Waals surface area contributed by atoms with Crippen molar-refractivity contribution < 1.29 is 0 Å². The Bertz CT molecular complexity index is 451. The van der Waals surface area contributed by atoms with Crippen molar-refractivity contribution in [2.75, 3.05) is 6.54 Å². The number of benzene rings is 1.